The SMILES string of the molecule is COC(=O)C1CCCCN1Cc1ccc(F)cc1F. The standard InChI is InChI=1S/C14H17F2NO2/c1-19-14(18)13-4-2-3-7-17(13)9-10-5-6-11(15)8-12(10)16/h5-6,8,13H,2-4,7,9H2,1H3. The van der Waals surface area contributed by atoms with E-state index in [1.165, 1.54) is 19.2 Å². The van der Waals surface area contributed by atoms with Crippen LogP contribution in [0.3, 0.4) is 0 Å². The first kappa shape index (κ1) is 13.9. The molecule has 1 heterocycles. The van der Waals surface area contributed by atoms with Gasteiger partial charge >= 0.3 is 5.97 Å². The van der Waals surface area contributed by atoms with Crippen LogP contribution in [0, 0.1) is 11.6 Å². The van der Waals surface area contributed by atoms with E-state index in [1.807, 2.05) is 4.90 Å². The summed E-state index contributed by atoms with van der Waals surface area (Å²) in [5, 5.41) is 0. The largest absolute Gasteiger partial charge is 0.468 e. The molecule has 5 heteroatoms. The third kappa shape index (κ3) is 3.29. The van der Waals surface area contributed by atoms with E-state index in [0.29, 0.717) is 12.1 Å². The zero-order chi connectivity index (χ0) is 13.8. The van der Waals surface area contributed by atoms with E-state index >= 15 is 0 Å². The summed E-state index contributed by atoms with van der Waals surface area (Å²) in [7, 11) is 1.35. The first-order valence-corrected chi connectivity index (χ1v) is 6.37. The lowest BCUT2D eigenvalue weighted by atomic mass is 10.0. The molecule has 0 amide bonds. The maximum absolute atomic E-state index is 13.6. The van der Waals surface area contributed by atoms with Crippen molar-refractivity contribution in [2.75, 3.05) is 13.7 Å². The number of methoxy groups -OCH3 is 1. The van der Waals surface area contributed by atoms with Crippen molar-refractivity contribution in [1.29, 1.82) is 0 Å². The Balaban J connectivity index is 2.13. The molecule has 1 aromatic carbocycles. The predicted octanol–water partition coefficient (Wildman–Crippen LogP) is 2.49. The van der Waals surface area contributed by atoms with Crippen molar-refractivity contribution in [2.24, 2.45) is 0 Å². The first-order valence-electron chi connectivity index (χ1n) is 6.37. The second-order valence-corrected chi connectivity index (χ2v) is 4.74. The summed E-state index contributed by atoms with van der Waals surface area (Å²) in [6.07, 6.45) is 2.65. The molecular formula is C14H17F2NO2. The van der Waals surface area contributed by atoms with Crippen molar-refractivity contribution in [3.8, 4) is 0 Å². The lowest BCUT2D eigenvalue weighted by molar-refractivity contribution is -0.148. The molecule has 3 nitrogen and oxygen atoms in total. The van der Waals surface area contributed by atoms with Crippen molar-refractivity contribution >= 4 is 5.97 Å². The molecule has 1 aromatic rings. The van der Waals surface area contributed by atoms with Gasteiger partial charge in [-0.1, -0.05) is 12.5 Å². The van der Waals surface area contributed by atoms with Gasteiger partial charge in [0.1, 0.15) is 17.7 Å². The highest BCUT2D eigenvalue weighted by Crippen LogP contribution is 2.22. The average molecular weight is 269 g/mol. The average Bonchev–Trinajstić information content (AvgIpc) is 2.41. The number of ether oxygens (including phenoxy) is 1. The lowest BCUT2D eigenvalue weighted by Gasteiger charge is -2.33. The number of esters is 1. The van der Waals surface area contributed by atoms with Crippen molar-refractivity contribution in [2.45, 2.75) is 31.8 Å². The lowest BCUT2D eigenvalue weighted by Crippen LogP contribution is -2.44. The molecule has 104 valence electrons. The molecule has 19 heavy (non-hydrogen) atoms. The summed E-state index contributed by atoms with van der Waals surface area (Å²) in [5.41, 5.74) is 0.400. The Morgan fingerprint density at radius 2 is 2.21 bits per heavy atom. The van der Waals surface area contributed by atoms with Crippen LogP contribution in [0.25, 0.3) is 0 Å². The van der Waals surface area contributed by atoms with Crippen LogP contribution in [-0.2, 0) is 16.1 Å². The number of rotatable bonds is 3. The van der Waals surface area contributed by atoms with Gasteiger partial charge in [-0.05, 0) is 25.5 Å². The predicted molar refractivity (Wildman–Crippen MR) is 66.4 cm³/mol. The molecule has 1 unspecified atom stereocenters. The number of benzene rings is 1. The first-order chi connectivity index (χ1) is 9.11. The van der Waals surface area contributed by atoms with Gasteiger partial charge in [0.15, 0.2) is 0 Å². The zero-order valence-electron chi connectivity index (χ0n) is 10.9. The van der Waals surface area contributed by atoms with Crippen LogP contribution in [-0.4, -0.2) is 30.6 Å². The Kier molecular flexibility index (Phi) is 4.47. The number of hydrogen-bond acceptors (Lipinski definition) is 3. The highest BCUT2D eigenvalue weighted by molar-refractivity contribution is 5.75. The van der Waals surface area contributed by atoms with E-state index < -0.39 is 11.6 Å². The van der Waals surface area contributed by atoms with Crippen LogP contribution in [0.5, 0.6) is 0 Å². The fourth-order valence-corrected chi connectivity index (χ4v) is 2.45. The zero-order valence-corrected chi connectivity index (χ0v) is 10.9. The molecule has 0 radical (unpaired) electrons. The Morgan fingerprint density at radius 3 is 2.89 bits per heavy atom. The van der Waals surface area contributed by atoms with Crippen LogP contribution >= 0.6 is 0 Å². The van der Waals surface area contributed by atoms with E-state index in [1.54, 1.807) is 0 Å². The van der Waals surface area contributed by atoms with Gasteiger partial charge < -0.3 is 4.74 Å². The van der Waals surface area contributed by atoms with Crippen LogP contribution in [0.2, 0.25) is 0 Å². The third-order valence-corrected chi connectivity index (χ3v) is 3.48. The van der Waals surface area contributed by atoms with E-state index in [4.69, 9.17) is 4.74 Å². The number of carbonyl (C=O) groups is 1. The summed E-state index contributed by atoms with van der Waals surface area (Å²) in [4.78, 5) is 13.6. The fraction of sp³-hybridized carbons (Fsp3) is 0.500. The molecular weight excluding hydrogens is 252 g/mol. The number of carbonyl (C=O) groups excluding carboxylic acids is 1. The van der Waals surface area contributed by atoms with E-state index in [0.717, 1.165) is 31.9 Å². The van der Waals surface area contributed by atoms with Crippen LogP contribution in [0.1, 0.15) is 24.8 Å². The van der Waals surface area contributed by atoms with Gasteiger partial charge in [0.05, 0.1) is 7.11 Å². The molecule has 0 bridgehead atoms. The summed E-state index contributed by atoms with van der Waals surface area (Å²) in [5.74, 6) is -1.46. The molecule has 1 fully saturated rings. The number of likely N-dealkylation sites (tertiary alicyclic amines) is 1. The Labute approximate surface area is 111 Å². The highest BCUT2D eigenvalue weighted by atomic mass is 19.1. The minimum atomic E-state index is -0.593. The molecule has 0 spiro atoms. The van der Waals surface area contributed by atoms with E-state index in [2.05, 4.69) is 0 Å². The second kappa shape index (κ2) is 6.10. The number of piperidine rings is 1. The molecule has 2 rings (SSSR count). The minimum Gasteiger partial charge on any atom is -0.468 e. The highest BCUT2D eigenvalue weighted by Gasteiger charge is 2.29. The normalized spacial score (nSPS) is 20.3. The fourth-order valence-electron chi connectivity index (χ4n) is 2.45. The smallest absolute Gasteiger partial charge is 0.323 e. The topological polar surface area (TPSA) is 29.5 Å². The van der Waals surface area contributed by atoms with Gasteiger partial charge in [-0.15, -0.1) is 0 Å². The molecule has 1 atom stereocenters. The van der Waals surface area contributed by atoms with Gasteiger partial charge in [0.2, 0.25) is 0 Å². The Hall–Kier alpha value is -1.49. The Morgan fingerprint density at radius 1 is 1.42 bits per heavy atom. The minimum absolute atomic E-state index is 0.290. The van der Waals surface area contributed by atoms with E-state index in [9.17, 15) is 13.6 Å². The van der Waals surface area contributed by atoms with Crippen LogP contribution in [0.4, 0.5) is 8.78 Å². The van der Waals surface area contributed by atoms with Crippen molar-refractivity contribution < 1.29 is 18.3 Å². The Bertz CT molecular complexity index is 465. The van der Waals surface area contributed by atoms with Crippen molar-refractivity contribution in [3.05, 3.63) is 35.4 Å². The molecule has 1 aliphatic rings. The third-order valence-electron chi connectivity index (χ3n) is 3.48. The maximum Gasteiger partial charge on any atom is 0.323 e. The molecule has 0 aromatic heterocycles. The number of hydrogen-bond donors (Lipinski definition) is 0. The monoisotopic (exact) mass is 269 g/mol. The van der Waals surface area contributed by atoms with Crippen molar-refractivity contribution in [3.63, 3.8) is 0 Å². The summed E-state index contributed by atoms with van der Waals surface area (Å²) >= 11 is 0. The quantitative estimate of drug-likeness (QED) is 0.790. The van der Waals surface area contributed by atoms with Crippen LogP contribution < -0.4 is 0 Å². The molecule has 1 saturated heterocycles. The van der Waals surface area contributed by atoms with Gasteiger partial charge in [-0.2, -0.15) is 0 Å². The van der Waals surface area contributed by atoms with Gasteiger partial charge in [0, 0.05) is 18.2 Å². The summed E-state index contributed by atoms with van der Waals surface area (Å²) < 4.78 is 31.3. The van der Waals surface area contributed by atoms with Crippen molar-refractivity contribution in [1.82, 2.24) is 4.90 Å². The van der Waals surface area contributed by atoms with Gasteiger partial charge in [-0.25, -0.2) is 8.78 Å². The molecule has 1 aliphatic heterocycles. The van der Waals surface area contributed by atoms with E-state index in [-0.39, 0.29) is 12.0 Å². The van der Waals surface area contributed by atoms with Crippen LogP contribution in [0.15, 0.2) is 18.2 Å². The summed E-state index contributed by atoms with van der Waals surface area (Å²) in [6.45, 7) is 1.02. The molecule has 0 saturated carbocycles. The molecule has 0 aliphatic carbocycles. The number of nitrogens with zero attached hydrogens (tertiary/aromatic N) is 1. The number of halogens is 2. The molecule has 0 N–H and O–H groups in total. The van der Waals surface area contributed by atoms with Gasteiger partial charge in [0.25, 0.3) is 0 Å². The summed E-state index contributed by atoms with van der Waals surface area (Å²) in [6, 6.07) is 3.19. The van der Waals surface area contributed by atoms with Gasteiger partial charge in [-0.3, -0.25) is 9.69 Å². The maximum atomic E-state index is 13.6. The second-order valence-electron chi connectivity index (χ2n) is 4.74.